The van der Waals surface area contributed by atoms with E-state index >= 15 is 0 Å². The standard InChI is InChI=1S/C27H29NO7S/c1-16(2)10-12-34-21-9-8-17(14-22(21)33-3)24-23-25(29)19-6-4-5-7-20(19)35-26(23)27(30)28(24)18-11-13-36(31,32)15-18/h4-9,14,16,18,24H,10-13,15H2,1-3H3/t18-,24+/m1/s1. The molecule has 3 heterocycles. The van der Waals surface area contributed by atoms with Crippen LogP contribution in [0.15, 0.2) is 51.7 Å². The summed E-state index contributed by atoms with van der Waals surface area (Å²) in [6.07, 6.45) is 1.19. The summed E-state index contributed by atoms with van der Waals surface area (Å²) in [5.74, 6) is 0.861. The van der Waals surface area contributed by atoms with E-state index in [1.54, 1.807) is 42.5 Å². The van der Waals surface area contributed by atoms with Gasteiger partial charge in [-0.1, -0.05) is 32.0 Å². The molecule has 0 saturated carbocycles. The Bertz CT molecular complexity index is 1490. The molecule has 5 rings (SSSR count). The molecule has 0 unspecified atom stereocenters. The topological polar surface area (TPSA) is 103 Å². The number of carbonyl (C=O) groups excluding carboxylic acids is 1. The summed E-state index contributed by atoms with van der Waals surface area (Å²) in [6, 6.07) is 10.7. The summed E-state index contributed by atoms with van der Waals surface area (Å²) in [5, 5.41) is 0.371. The van der Waals surface area contributed by atoms with Crippen LogP contribution in [0.1, 0.15) is 54.4 Å². The van der Waals surface area contributed by atoms with Gasteiger partial charge >= 0.3 is 0 Å². The molecule has 2 aromatic carbocycles. The fraction of sp³-hybridized carbons (Fsp3) is 0.407. The second kappa shape index (κ2) is 9.28. The van der Waals surface area contributed by atoms with Crippen molar-refractivity contribution in [3.8, 4) is 11.5 Å². The Hall–Kier alpha value is -3.33. The lowest BCUT2D eigenvalue weighted by molar-refractivity contribution is 0.0662. The first-order valence-electron chi connectivity index (χ1n) is 12.1. The number of carbonyl (C=O) groups is 1. The van der Waals surface area contributed by atoms with Crippen LogP contribution in [0.5, 0.6) is 11.5 Å². The molecule has 2 aliphatic heterocycles. The third-order valence-corrected chi connectivity index (χ3v) is 8.62. The molecule has 2 atom stereocenters. The number of ether oxygens (including phenoxy) is 2. The summed E-state index contributed by atoms with van der Waals surface area (Å²) in [6.45, 7) is 4.76. The minimum Gasteiger partial charge on any atom is -0.493 e. The van der Waals surface area contributed by atoms with Gasteiger partial charge in [0.15, 0.2) is 26.8 Å². The smallest absolute Gasteiger partial charge is 0.291 e. The maximum atomic E-state index is 13.7. The number of hydrogen-bond acceptors (Lipinski definition) is 7. The zero-order valence-corrected chi connectivity index (χ0v) is 21.3. The van der Waals surface area contributed by atoms with Crippen molar-refractivity contribution in [1.29, 1.82) is 0 Å². The third-order valence-electron chi connectivity index (χ3n) is 6.87. The Kier molecular flexibility index (Phi) is 6.28. The van der Waals surface area contributed by atoms with Crippen molar-refractivity contribution in [2.24, 2.45) is 5.92 Å². The van der Waals surface area contributed by atoms with Gasteiger partial charge in [0.05, 0.1) is 42.2 Å². The van der Waals surface area contributed by atoms with Crippen molar-refractivity contribution in [3.63, 3.8) is 0 Å². The number of methoxy groups -OCH3 is 1. The van der Waals surface area contributed by atoms with Crippen molar-refractivity contribution < 1.29 is 27.1 Å². The zero-order chi connectivity index (χ0) is 25.6. The molecule has 1 aromatic heterocycles. The van der Waals surface area contributed by atoms with Crippen LogP contribution < -0.4 is 14.9 Å². The zero-order valence-electron chi connectivity index (χ0n) is 20.5. The van der Waals surface area contributed by atoms with Gasteiger partial charge in [0.1, 0.15) is 5.58 Å². The summed E-state index contributed by atoms with van der Waals surface area (Å²) < 4.78 is 42.1. The molecule has 1 saturated heterocycles. The molecule has 1 amide bonds. The van der Waals surface area contributed by atoms with Gasteiger partial charge in [0, 0.05) is 6.04 Å². The van der Waals surface area contributed by atoms with Crippen LogP contribution in [0.3, 0.4) is 0 Å². The van der Waals surface area contributed by atoms with Crippen molar-refractivity contribution >= 4 is 26.7 Å². The van der Waals surface area contributed by atoms with Gasteiger partial charge in [0.25, 0.3) is 5.91 Å². The van der Waals surface area contributed by atoms with Gasteiger partial charge in [-0.25, -0.2) is 8.42 Å². The van der Waals surface area contributed by atoms with Crippen LogP contribution in [0.4, 0.5) is 0 Å². The van der Waals surface area contributed by atoms with E-state index in [4.69, 9.17) is 13.9 Å². The normalized spacial score (nSPS) is 20.8. The van der Waals surface area contributed by atoms with Crippen molar-refractivity contribution in [3.05, 3.63) is 69.6 Å². The average molecular weight is 512 g/mol. The van der Waals surface area contributed by atoms with Crippen molar-refractivity contribution in [2.45, 2.75) is 38.8 Å². The number of sulfone groups is 1. The number of para-hydroxylation sites is 1. The van der Waals surface area contributed by atoms with Crippen LogP contribution in [-0.4, -0.2) is 50.5 Å². The van der Waals surface area contributed by atoms with Crippen LogP contribution in [0, 0.1) is 5.92 Å². The summed E-state index contributed by atoms with van der Waals surface area (Å²) >= 11 is 0. The van der Waals surface area contributed by atoms with Crippen LogP contribution >= 0.6 is 0 Å². The first-order valence-corrected chi connectivity index (χ1v) is 13.9. The molecule has 190 valence electrons. The number of fused-ring (bicyclic) bond motifs is 2. The lowest BCUT2D eigenvalue weighted by Gasteiger charge is -2.30. The highest BCUT2D eigenvalue weighted by atomic mass is 32.2. The lowest BCUT2D eigenvalue weighted by Crippen LogP contribution is -2.40. The summed E-state index contributed by atoms with van der Waals surface area (Å²) in [7, 11) is -1.75. The van der Waals surface area contributed by atoms with E-state index in [2.05, 4.69) is 13.8 Å². The maximum Gasteiger partial charge on any atom is 0.291 e. The molecule has 0 aliphatic carbocycles. The van der Waals surface area contributed by atoms with E-state index in [-0.39, 0.29) is 28.3 Å². The molecule has 0 radical (unpaired) electrons. The molecule has 0 spiro atoms. The number of rotatable bonds is 7. The van der Waals surface area contributed by atoms with Crippen LogP contribution in [-0.2, 0) is 9.84 Å². The number of hydrogen-bond donors (Lipinski definition) is 0. The molecule has 0 bridgehead atoms. The molecule has 8 nitrogen and oxygen atoms in total. The third kappa shape index (κ3) is 4.25. The number of amides is 1. The Labute approximate surface area is 209 Å². The molecular formula is C27H29NO7S. The largest absolute Gasteiger partial charge is 0.493 e. The van der Waals surface area contributed by atoms with Gasteiger partial charge in [-0.05, 0) is 48.6 Å². The maximum absolute atomic E-state index is 13.7. The fourth-order valence-electron chi connectivity index (χ4n) is 5.01. The highest BCUT2D eigenvalue weighted by molar-refractivity contribution is 7.91. The van der Waals surface area contributed by atoms with Gasteiger partial charge in [-0.15, -0.1) is 0 Å². The Morgan fingerprint density at radius 3 is 2.58 bits per heavy atom. The van der Waals surface area contributed by atoms with Crippen molar-refractivity contribution in [1.82, 2.24) is 4.90 Å². The van der Waals surface area contributed by atoms with E-state index in [1.807, 2.05) is 0 Å². The van der Waals surface area contributed by atoms with Crippen molar-refractivity contribution in [2.75, 3.05) is 25.2 Å². The number of nitrogens with zero attached hydrogens (tertiary/aromatic N) is 1. The fourth-order valence-corrected chi connectivity index (χ4v) is 6.73. The second-order valence-electron chi connectivity index (χ2n) is 9.78. The van der Waals surface area contributed by atoms with E-state index in [0.29, 0.717) is 47.0 Å². The van der Waals surface area contributed by atoms with Gasteiger partial charge in [0.2, 0.25) is 5.76 Å². The summed E-state index contributed by atoms with van der Waals surface area (Å²) in [5.41, 5.74) is 0.867. The van der Waals surface area contributed by atoms with E-state index in [1.165, 1.54) is 12.0 Å². The highest BCUT2D eigenvalue weighted by Gasteiger charge is 2.48. The Balaban J connectivity index is 1.64. The highest BCUT2D eigenvalue weighted by Crippen LogP contribution is 2.43. The van der Waals surface area contributed by atoms with E-state index in [9.17, 15) is 18.0 Å². The molecule has 36 heavy (non-hydrogen) atoms. The molecule has 2 aliphatic rings. The Morgan fingerprint density at radius 1 is 1.11 bits per heavy atom. The molecule has 0 N–H and O–H groups in total. The van der Waals surface area contributed by atoms with E-state index in [0.717, 1.165) is 6.42 Å². The van der Waals surface area contributed by atoms with Gasteiger partial charge in [-0.3, -0.25) is 9.59 Å². The monoisotopic (exact) mass is 511 g/mol. The van der Waals surface area contributed by atoms with Gasteiger partial charge in [-0.2, -0.15) is 0 Å². The predicted octanol–water partition coefficient (Wildman–Crippen LogP) is 3.96. The van der Waals surface area contributed by atoms with Gasteiger partial charge < -0.3 is 18.8 Å². The predicted molar refractivity (Wildman–Crippen MR) is 135 cm³/mol. The molecule has 3 aromatic rings. The first-order chi connectivity index (χ1) is 17.2. The first kappa shape index (κ1) is 24.4. The van der Waals surface area contributed by atoms with Crippen LogP contribution in [0.25, 0.3) is 11.0 Å². The lowest BCUT2D eigenvalue weighted by atomic mass is 9.97. The SMILES string of the molecule is COc1cc([C@H]2c3c(oc4ccccc4c3=O)C(=O)N2[C@@H]2CCS(=O)(=O)C2)ccc1OCCC(C)C. The van der Waals surface area contributed by atoms with E-state index < -0.39 is 27.8 Å². The molecular weight excluding hydrogens is 482 g/mol. The molecule has 9 heteroatoms. The minimum atomic E-state index is -3.28. The Morgan fingerprint density at radius 2 is 1.89 bits per heavy atom. The minimum absolute atomic E-state index is 0.000186. The average Bonchev–Trinajstić information content (AvgIpc) is 3.35. The second-order valence-corrected chi connectivity index (χ2v) is 12.0. The quantitative estimate of drug-likeness (QED) is 0.473. The number of benzene rings is 2. The van der Waals surface area contributed by atoms with Crippen LogP contribution in [0.2, 0.25) is 0 Å². The summed E-state index contributed by atoms with van der Waals surface area (Å²) in [4.78, 5) is 28.8. The molecule has 1 fully saturated rings.